The Morgan fingerprint density at radius 3 is 2.75 bits per heavy atom. The van der Waals surface area contributed by atoms with Crippen LogP contribution in [0.5, 0.6) is 0 Å². The van der Waals surface area contributed by atoms with Gasteiger partial charge in [-0.25, -0.2) is 0 Å². The summed E-state index contributed by atoms with van der Waals surface area (Å²) in [5.41, 5.74) is 6.46. The third kappa shape index (κ3) is 2.19. The van der Waals surface area contributed by atoms with E-state index in [1.54, 1.807) is 6.26 Å². The first-order chi connectivity index (χ1) is 5.63. The topological polar surface area (TPSA) is 56.2 Å². The van der Waals surface area contributed by atoms with Crippen LogP contribution in [0.1, 0.15) is 17.1 Å². The van der Waals surface area contributed by atoms with Gasteiger partial charge in [-0.2, -0.15) is 0 Å². The predicted molar refractivity (Wildman–Crippen MR) is 49.1 cm³/mol. The monoisotopic (exact) mass is 187 g/mol. The summed E-state index contributed by atoms with van der Waals surface area (Å²) in [5.74, 6) is 2.02. The molecule has 1 aromatic rings. The number of rotatable bonds is 3. The standard InChI is InChI=1S/C8H13NO2S/c1-6-3-7(5-12(2)10)11-8(6)4-9/h3H,4-5,9H2,1-2H3. The van der Waals surface area contributed by atoms with Gasteiger partial charge in [-0.3, -0.25) is 4.21 Å². The molecule has 0 aromatic carbocycles. The highest BCUT2D eigenvalue weighted by atomic mass is 32.2. The van der Waals surface area contributed by atoms with Crippen LogP contribution in [0.4, 0.5) is 0 Å². The second-order valence-electron chi connectivity index (χ2n) is 2.74. The van der Waals surface area contributed by atoms with Gasteiger partial charge in [-0.1, -0.05) is 0 Å². The molecule has 12 heavy (non-hydrogen) atoms. The van der Waals surface area contributed by atoms with Gasteiger partial charge in [-0.05, 0) is 18.6 Å². The van der Waals surface area contributed by atoms with Crippen molar-refractivity contribution in [3.8, 4) is 0 Å². The molecule has 3 nitrogen and oxygen atoms in total. The lowest BCUT2D eigenvalue weighted by Gasteiger charge is -1.91. The van der Waals surface area contributed by atoms with Crippen molar-refractivity contribution in [3.63, 3.8) is 0 Å². The lowest BCUT2D eigenvalue weighted by atomic mass is 10.3. The summed E-state index contributed by atoms with van der Waals surface area (Å²) in [6.07, 6.45) is 1.65. The Labute approximate surface area is 74.4 Å². The highest BCUT2D eigenvalue weighted by molar-refractivity contribution is 7.83. The zero-order valence-electron chi connectivity index (χ0n) is 7.29. The van der Waals surface area contributed by atoms with Gasteiger partial charge in [0.05, 0.1) is 12.3 Å². The van der Waals surface area contributed by atoms with Crippen LogP contribution >= 0.6 is 0 Å². The summed E-state index contributed by atoms with van der Waals surface area (Å²) in [6.45, 7) is 2.34. The molecule has 0 aliphatic carbocycles. The van der Waals surface area contributed by atoms with Crippen molar-refractivity contribution in [2.75, 3.05) is 6.26 Å². The molecule has 2 N–H and O–H groups in total. The van der Waals surface area contributed by atoms with Gasteiger partial charge < -0.3 is 10.2 Å². The Morgan fingerprint density at radius 1 is 1.67 bits per heavy atom. The maximum Gasteiger partial charge on any atom is 0.120 e. The summed E-state index contributed by atoms with van der Waals surface area (Å²) < 4.78 is 16.2. The fraction of sp³-hybridized carbons (Fsp3) is 0.500. The van der Waals surface area contributed by atoms with Gasteiger partial charge in [0.1, 0.15) is 11.5 Å². The van der Waals surface area contributed by atoms with Crippen LogP contribution in [-0.4, -0.2) is 10.5 Å². The molecule has 0 fully saturated rings. The average molecular weight is 187 g/mol. The van der Waals surface area contributed by atoms with Crippen molar-refractivity contribution in [2.24, 2.45) is 5.73 Å². The first-order valence-electron chi connectivity index (χ1n) is 3.71. The number of hydrogen-bond acceptors (Lipinski definition) is 3. The first kappa shape index (κ1) is 9.48. The van der Waals surface area contributed by atoms with Crippen LogP contribution in [0.2, 0.25) is 0 Å². The Hall–Kier alpha value is -0.610. The van der Waals surface area contributed by atoms with Crippen LogP contribution in [0, 0.1) is 6.92 Å². The summed E-state index contributed by atoms with van der Waals surface area (Å²) in [4.78, 5) is 0. The number of hydrogen-bond donors (Lipinski definition) is 1. The van der Waals surface area contributed by atoms with E-state index in [1.165, 1.54) is 0 Å². The molecular weight excluding hydrogens is 174 g/mol. The number of furan rings is 1. The number of aryl methyl sites for hydroxylation is 1. The minimum absolute atomic E-state index is 0.405. The Balaban J connectivity index is 2.82. The van der Waals surface area contributed by atoms with Crippen molar-refractivity contribution in [1.29, 1.82) is 0 Å². The molecule has 1 unspecified atom stereocenters. The third-order valence-electron chi connectivity index (χ3n) is 1.60. The molecule has 1 atom stereocenters. The van der Waals surface area contributed by atoms with Crippen molar-refractivity contribution >= 4 is 10.8 Å². The molecule has 0 bridgehead atoms. The maximum absolute atomic E-state index is 10.8. The van der Waals surface area contributed by atoms with E-state index in [0.29, 0.717) is 12.3 Å². The van der Waals surface area contributed by atoms with E-state index in [0.717, 1.165) is 17.1 Å². The summed E-state index contributed by atoms with van der Waals surface area (Å²) in [6, 6.07) is 1.89. The molecular formula is C8H13NO2S. The van der Waals surface area contributed by atoms with Crippen molar-refractivity contribution in [1.82, 2.24) is 0 Å². The molecule has 68 valence electrons. The first-order valence-corrected chi connectivity index (χ1v) is 5.44. The molecule has 0 saturated heterocycles. The van der Waals surface area contributed by atoms with E-state index in [2.05, 4.69) is 0 Å². The molecule has 0 aliphatic rings. The van der Waals surface area contributed by atoms with Crippen LogP contribution < -0.4 is 5.73 Å². The molecule has 1 aromatic heterocycles. The zero-order chi connectivity index (χ0) is 9.14. The summed E-state index contributed by atoms with van der Waals surface area (Å²) in [7, 11) is -0.848. The van der Waals surface area contributed by atoms with Crippen LogP contribution in [0.15, 0.2) is 10.5 Å². The predicted octanol–water partition coefficient (Wildman–Crippen LogP) is 0.925. The van der Waals surface area contributed by atoms with Crippen LogP contribution in [-0.2, 0) is 23.1 Å². The largest absolute Gasteiger partial charge is 0.463 e. The third-order valence-corrected chi connectivity index (χ3v) is 2.29. The minimum atomic E-state index is -0.848. The van der Waals surface area contributed by atoms with E-state index in [-0.39, 0.29) is 0 Å². The molecule has 4 heteroatoms. The van der Waals surface area contributed by atoms with Crippen molar-refractivity contribution in [3.05, 3.63) is 23.2 Å². The van der Waals surface area contributed by atoms with Gasteiger partial charge in [0.25, 0.3) is 0 Å². The minimum Gasteiger partial charge on any atom is -0.463 e. The van der Waals surface area contributed by atoms with E-state index < -0.39 is 10.8 Å². The highest BCUT2D eigenvalue weighted by Crippen LogP contribution is 2.14. The summed E-state index contributed by atoms with van der Waals surface area (Å²) in [5, 5.41) is 0. The van der Waals surface area contributed by atoms with Crippen LogP contribution in [0.25, 0.3) is 0 Å². The fourth-order valence-electron chi connectivity index (χ4n) is 1.06. The molecule has 0 saturated carbocycles. The van der Waals surface area contributed by atoms with E-state index in [1.807, 2.05) is 13.0 Å². The lowest BCUT2D eigenvalue weighted by Crippen LogP contribution is -1.95. The zero-order valence-corrected chi connectivity index (χ0v) is 8.11. The quantitative estimate of drug-likeness (QED) is 0.765. The van der Waals surface area contributed by atoms with Gasteiger partial charge >= 0.3 is 0 Å². The SMILES string of the molecule is Cc1cc(CS(C)=O)oc1CN. The normalized spacial score (nSPS) is 13.2. The number of nitrogens with two attached hydrogens (primary N) is 1. The molecule has 1 rings (SSSR count). The average Bonchev–Trinajstić information content (AvgIpc) is 2.29. The van der Waals surface area contributed by atoms with Gasteiger partial charge in [0.15, 0.2) is 0 Å². The molecule has 0 aliphatic heterocycles. The van der Waals surface area contributed by atoms with Crippen molar-refractivity contribution < 1.29 is 8.63 Å². The Bertz CT molecular complexity index is 293. The van der Waals surface area contributed by atoms with E-state index >= 15 is 0 Å². The van der Waals surface area contributed by atoms with E-state index in [4.69, 9.17) is 10.2 Å². The van der Waals surface area contributed by atoms with Gasteiger partial charge in [-0.15, -0.1) is 0 Å². The highest BCUT2D eigenvalue weighted by Gasteiger charge is 2.06. The molecule has 1 heterocycles. The second-order valence-corrected chi connectivity index (χ2v) is 4.18. The summed E-state index contributed by atoms with van der Waals surface area (Å²) >= 11 is 0. The molecule has 0 amide bonds. The smallest absolute Gasteiger partial charge is 0.120 e. The second kappa shape index (κ2) is 3.87. The molecule has 0 spiro atoms. The Kier molecular flexibility index (Phi) is 3.05. The van der Waals surface area contributed by atoms with Crippen molar-refractivity contribution in [2.45, 2.75) is 19.2 Å². The maximum atomic E-state index is 10.8. The van der Waals surface area contributed by atoms with Crippen LogP contribution in [0.3, 0.4) is 0 Å². The van der Waals surface area contributed by atoms with E-state index in [9.17, 15) is 4.21 Å². The Morgan fingerprint density at radius 2 is 2.33 bits per heavy atom. The fourth-order valence-corrected chi connectivity index (χ4v) is 1.61. The lowest BCUT2D eigenvalue weighted by molar-refractivity contribution is 0.479. The van der Waals surface area contributed by atoms with Gasteiger partial charge in [0, 0.05) is 17.1 Å². The van der Waals surface area contributed by atoms with Gasteiger partial charge in [0.2, 0.25) is 0 Å². The molecule has 0 radical (unpaired) electrons.